The van der Waals surface area contributed by atoms with Crippen molar-refractivity contribution in [1.82, 2.24) is 4.90 Å². The molecular formula is C15H21F3N2O. The molecule has 0 amide bonds. The second kappa shape index (κ2) is 6.77. The van der Waals surface area contributed by atoms with Crippen LogP contribution < -0.4 is 5.73 Å². The fourth-order valence-corrected chi connectivity index (χ4v) is 2.83. The third kappa shape index (κ3) is 4.18. The number of alkyl halides is 3. The molecule has 0 spiro atoms. The van der Waals surface area contributed by atoms with E-state index in [-0.39, 0.29) is 11.7 Å². The minimum Gasteiger partial charge on any atom is -0.380 e. The fourth-order valence-electron chi connectivity index (χ4n) is 2.83. The Hall–Kier alpha value is -1.11. The standard InChI is InChI=1S/C15H21F3N2O/c1-21-11-5-4-8-20(9-11)10-14(19)12-6-2-3-7-13(12)15(16,17)18/h2-3,6-7,11,14H,4-5,8-10,19H2,1H3. The Bertz CT molecular complexity index is 464. The first-order chi connectivity index (χ1) is 9.91. The number of halogens is 3. The number of ether oxygens (including phenoxy) is 1. The van der Waals surface area contributed by atoms with E-state index in [0.717, 1.165) is 32.0 Å². The van der Waals surface area contributed by atoms with Gasteiger partial charge in [-0.25, -0.2) is 0 Å². The minimum absolute atomic E-state index is 0.142. The van der Waals surface area contributed by atoms with Crippen LogP contribution in [0.4, 0.5) is 13.2 Å². The van der Waals surface area contributed by atoms with E-state index in [1.807, 2.05) is 0 Å². The number of nitrogens with zero attached hydrogens (tertiary/aromatic N) is 1. The maximum atomic E-state index is 13.0. The maximum Gasteiger partial charge on any atom is 0.416 e. The zero-order chi connectivity index (χ0) is 15.5. The van der Waals surface area contributed by atoms with Crippen LogP contribution in [0.1, 0.15) is 30.0 Å². The summed E-state index contributed by atoms with van der Waals surface area (Å²) in [5, 5.41) is 0. The molecule has 2 rings (SSSR count). The molecule has 1 aliphatic rings. The molecule has 0 aromatic heterocycles. The molecule has 0 saturated carbocycles. The van der Waals surface area contributed by atoms with Crippen LogP contribution in [0.25, 0.3) is 0 Å². The van der Waals surface area contributed by atoms with Crippen molar-refractivity contribution < 1.29 is 17.9 Å². The average molecular weight is 302 g/mol. The monoisotopic (exact) mass is 302 g/mol. The van der Waals surface area contributed by atoms with Crippen LogP contribution >= 0.6 is 0 Å². The average Bonchev–Trinajstić information content (AvgIpc) is 2.46. The zero-order valence-electron chi connectivity index (χ0n) is 12.1. The number of hydrogen-bond acceptors (Lipinski definition) is 3. The molecule has 1 saturated heterocycles. The molecule has 1 aliphatic heterocycles. The Morgan fingerprint density at radius 1 is 1.38 bits per heavy atom. The highest BCUT2D eigenvalue weighted by atomic mass is 19.4. The van der Waals surface area contributed by atoms with Crippen molar-refractivity contribution >= 4 is 0 Å². The number of nitrogens with two attached hydrogens (primary N) is 1. The summed E-state index contributed by atoms with van der Waals surface area (Å²) < 4.78 is 44.4. The highest BCUT2D eigenvalue weighted by molar-refractivity contribution is 5.32. The lowest BCUT2D eigenvalue weighted by Gasteiger charge is -2.33. The van der Waals surface area contributed by atoms with Gasteiger partial charge in [0.25, 0.3) is 0 Å². The molecule has 1 aromatic carbocycles. The quantitative estimate of drug-likeness (QED) is 0.929. The number of methoxy groups -OCH3 is 1. The van der Waals surface area contributed by atoms with Gasteiger partial charge in [0.05, 0.1) is 11.7 Å². The summed E-state index contributed by atoms with van der Waals surface area (Å²) in [5.74, 6) is 0. The van der Waals surface area contributed by atoms with Crippen molar-refractivity contribution in [2.24, 2.45) is 5.73 Å². The van der Waals surface area contributed by atoms with Crippen molar-refractivity contribution in [3.63, 3.8) is 0 Å². The van der Waals surface area contributed by atoms with Gasteiger partial charge in [0.1, 0.15) is 0 Å². The number of piperidine rings is 1. The van der Waals surface area contributed by atoms with Crippen LogP contribution in [-0.2, 0) is 10.9 Å². The minimum atomic E-state index is -4.37. The van der Waals surface area contributed by atoms with E-state index in [9.17, 15) is 13.2 Å². The van der Waals surface area contributed by atoms with Crippen molar-refractivity contribution in [2.75, 3.05) is 26.7 Å². The van der Waals surface area contributed by atoms with Crippen molar-refractivity contribution in [2.45, 2.75) is 31.2 Å². The van der Waals surface area contributed by atoms with Crippen LogP contribution in [0.15, 0.2) is 24.3 Å². The molecule has 1 aromatic rings. The second-order valence-electron chi connectivity index (χ2n) is 5.45. The van der Waals surface area contributed by atoms with E-state index in [2.05, 4.69) is 4.90 Å². The van der Waals surface area contributed by atoms with E-state index < -0.39 is 17.8 Å². The third-order valence-electron chi connectivity index (χ3n) is 3.92. The van der Waals surface area contributed by atoms with Gasteiger partial charge in [-0.1, -0.05) is 18.2 Å². The number of hydrogen-bond donors (Lipinski definition) is 1. The highest BCUT2D eigenvalue weighted by Gasteiger charge is 2.34. The van der Waals surface area contributed by atoms with Gasteiger partial charge in [-0.3, -0.25) is 4.90 Å². The topological polar surface area (TPSA) is 38.5 Å². The number of rotatable bonds is 4. The molecule has 1 heterocycles. The summed E-state index contributed by atoms with van der Waals surface area (Å²) in [5.41, 5.74) is 5.54. The molecule has 6 heteroatoms. The Balaban J connectivity index is 2.08. The van der Waals surface area contributed by atoms with Crippen molar-refractivity contribution in [3.05, 3.63) is 35.4 Å². The first-order valence-electron chi connectivity index (χ1n) is 7.08. The molecule has 1 fully saturated rings. The lowest BCUT2D eigenvalue weighted by Crippen LogP contribution is -2.42. The van der Waals surface area contributed by atoms with Gasteiger partial charge in [-0.15, -0.1) is 0 Å². The lowest BCUT2D eigenvalue weighted by atomic mass is 9.99. The SMILES string of the molecule is COC1CCCN(CC(N)c2ccccc2C(F)(F)F)C1. The Morgan fingerprint density at radius 3 is 2.76 bits per heavy atom. The first-order valence-corrected chi connectivity index (χ1v) is 7.08. The highest BCUT2D eigenvalue weighted by Crippen LogP contribution is 2.34. The first kappa shape index (κ1) is 16.3. The van der Waals surface area contributed by atoms with E-state index in [1.54, 1.807) is 13.2 Å². The van der Waals surface area contributed by atoms with E-state index in [4.69, 9.17) is 10.5 Å². The number of benzene rings is 1. The van der Waals surface area contributed by atoms with Gasteiger partial charge in [-0.05, 0) is 31.0 Å². The fraction of sp³-hybridized carbons (Fsp3) is 0.600. The number of likely N-dealkylation sites (tertiary alicyclic amines) is 1. The summed E-state index contributed by atoms with van der Waals surface area (Å²) in [6.45, 7) is 1.98. The molecular weight excluding hydrogens is 281 g/mol. The predicted octanol–water partition coefficient (Wildman–Crippen LogP) is 2.82. The van der Waals surface area contributed by atoms with Gasteiger partial charge in [-0.2, -0.15) is 13.2 Å². The summed E-state index contributed by atoms with van der Waals surface area (Å²) >= 11 is 0. The van der Waals surface area contributed by atoms with Crippen LogP contribution in [-0.4, -0.2) is 37.7 Å². The van der Waals surface area contributed by atoms with Gasteiger partial charge >= 0.3 is 6.18 Å². The summed E-state index contributed by atoms with van der Waals surface area (Å²) in [6, 6.07) is 4.88. The lowest BCUT2D eigenvalue weighted by molar-refractivity contribution is -0.138. The van der Waals surface area contributed by atoms with Crippen LogP contribution in [0.2, 0.25) is 0 Å². The largest absolute Gasteiger partial charge is 0.416 e. The molecule has 0 aliphatic carbocycles. The Morgan fingerprint density at radius 2 is 2.10 bits per heavy atom. The van der Waals surface area contributed by atoms with Crippen molar-refractivity contribution in [3.8, 4) is 0 Å². The molecule has 2 atom stereocenters. The molecule has 0 radical (unpaired) electrons. The van der Waals surface area contributed by atoms with Crippen LogP contribution in [0, 0.1) is 0 Å². The zero-order valence-corrected chi connectivity index (χ0v) is 12.1. The molecule has 21 heavy (non-hydrogen) atoms. The van der Waals surface area contributed by atoms with Crippen LogP contribution in [0.3, 0.4) is 0 Å². The predicted molar refractivity (Wildman–Crippen MR) is 74.8 cm³/mol. The summed E-state index contributed by atoms with van der Waals surface area (Å²) in [6.07, 6.45) is -2.26. The molecule has 2 N–H and O–H groups in total. The van der Waals surface area contributed by atoms with E-state index >= 15 is 0 Å². The third-order valence-corrected chi connectivity index (χ3v) is 3.92. The maximum absolute atomic E-state index is 13.0. The van der Waals surface area contributed by atoms with Gasteiger partial charge in [0.2, 0.25) is 0 Å². The van der Waals surface area contributed by atoms with Crippen LogP contribution in [0.5, 0.6) is 0 Å². The smallest absolute Gasteiger partial charge is 0.380 e. The normalized spacial score (nSPS) is 22.2. The van der Waals surface area contributed by atoms with Gasteiger partial charge in [0, 0.05) is 26.2 Å². The molecule has 2 unspecified atom stereocenters. The van der Waals surface area contributed by atoms with Gasteiger partial charge < -0.3 is 10.5 Å². The Kier molecular flexibility index (Phi) is 5.24. The molecule has 3 nitrogen and oxygen atoms in total. The molecule has 0 bridgehead atoms. The second-order valence-corrected chi connectivity index (χ2v) is 5.45. The summed E-state index contributed by atoms with van der Waals surface area (Å²) in [4.78, 5) is 2.08. The molecule has 118 valence electrons. The van der Waals surface area contributed by atoms with Crippen molar-refractivity contribution in [1.29, 1.82) is 0 Å². The van der Waals surface area contributed by atoms with E-state index in [1.165, 1.54) is 12.1 Å². The Labute approximate surface area is 122 Å². The van der Waals surface area contributed by atoms with E-state index in [0.29, 0.717) is 6.54 Å². The van der Waals surface area contributed by atoms with Gasteiger partial charge in [0.15, 0.2) is 0 Å². The summed E-state index contributed by atoms with van der Waals surface area (Å²) in [7, 11) is 1.66.